The van der Waals surface area contributed by atoms with Gasteiger partial charge < -0.3 is 24.8 Å². The molecule has 5 saturated carbocycles. The van der Waals surface area contributed by atoms with Crippen molar-refractivity contribution in [2.24, 2.45) is 35.5 Å². The number of fused-ring (bicyclic) bond motifs is 6. The molecule has 0 amide bonds. The van der Waals surface area contributed by atoms with Gasteiger partial charge in [0.05, 0.1) is 0 Å². The minimum atomic E-state index is 0. The van der Waals surface area contributed by atoms with Crippen molar-refractivity contribution >= 4 is 8.78 Å². The predicted molar refractivity (Wildman–Crippen MR) is 151 cm³/mol. The molecular weight excluding hydrogens is 595 g/mol. The second-order valence-corrected chi connectivity index (χ2v) is 14.1. The van der Waals surface area contributed by atoms with Crippen molar-refractivity contribution in [3.05, 3.63) is 95.0 Å². The van der Waals surface area contributed by atoms with E-state index in [1.54, 1.807) is 84.2 Å². The van der Waals surface area contributed by atoms with Crippen molar-refractivity contribution in [2.75, 3.05) is 0 Å². The van der Waals surface area contributed by atoms with Crippen LogP contribution in [-0.4, -0.2) is 3.21 Å². The Morgan fingerprint density at radius 3 is 2.33 bits per heavy atom. The summed E-state index contributed by atoms with van der Waals surface area (Å²) < 4.78 is 1.96. The maximum absolute atomic E-state index is 2.99. The van der Waals surface area contributed by atoms with Crippen LogP contribution < -0.4 is 24.8 Å². The molecule has 10 rings (SSSR count). The average Bonchev–Trinajstić information content (AvgIpc) is 3.64. The van der Waals surface area contributed by atoms with E-state index in [0.29, 0.717) is 0 Å². The number of allylic oxidation sites excluding steroid dienone is 10. The van der Waals surface area contributed by atoms with Gasteiger partial charge in [0, 0.05) is 0 Å². The van der Waals surface area contributed by atoms with Crippen LogP contribution in [0.1, 0.15) is 81.8 Å². The molecule has 0 N–H and O–H groups in total. The van der Waals surface area contributed by atoms with E-state index in [-0.39, 0.29) is 24.8 Å². The molecule has 5 fully saturated rings. The standard InChI is InChI=1S/C21H21.C10H14.C5H5.2ClH.Zr/c1-2-8-15-14(7-1)13-20-18-11-4-3-9-16(18)17-10-5-6-12-19(17)21(15)20;1-7-2-9-4-8(1)5-10(3-7)6-9;1-2-4-5-3-1;;;/h1-2,6-8,11-12,16-17H,3-5,9-10,13H2;7-10H,1-5H2;1-3H,4H2;2*1H;/q-1;;-1;;;+2/p-2. The van der Waals surface area contributed by atoms with Crippen molar-refractivity contribution in [1.29, 1.82) is 0 Å². The number of hydrogen-bond donors (Lipinski definition) is 0. The summed E-state index contributed by atoms with van der Waals surface area (Å²) in [5.74, 6) is 6.11. The van der Waals surface area contributed by atoms with Gasteiger partial charge in [-0.2, -0.15) is 11.6 Å². The van der Waals surface area contributed by atoms with Gasteiger partial charge in [0.2, 0.25) is 0 Å². The number of benzene rings is 1. The summed E-state index contributed by atoms with van der Waals surface area (Å²) in [6, 6.07) is 9.07. The van der Waals surface area contributed by atoms with Crippen LogP contribution >= 0.6 is 0 Å². The third-order valence-electron chi connectivity index (χ3n) is 10.5. The Bertz CT molecular complexity index is 1190. The fourth-order valence-electron chi connectivity index (χ4n) is 9.09. The monoisotopic (exact) mass is 632 g/mol. The molecule has 3 heteroatoms. The van der Waals surface area contributed by atoms with Gasteiger partial charge in [0.1, 0.15) is 0 Å². The molecule has 9 aliphatic rings. The third-order valence-corrected chi connectivity index (χ3v) is 12.5. The van der Waals surface area contributed by atoms with Crippen LogP contribution in [0.4, 0.5) is 0 Å². The van der Waals surface area contributed by atoms with E-state index >= 15 is 0 Å². The molecule has 0 spiro atoms. The Labute approximate surface area is 263 Å². The molecule has 2 atom stereocenters. The van der Waals surface area contributed by atoms with Crippen molar-refractivity contribution < 1.29 is 49.0 Å². The topological polar surface area (TPSA) is 0 Å². The predicted octanol–water partition coefficient (Wildman–Crippen LogP) is 2.75. The van der Waals surface area contributed by atoms with Crippen molar-refractivity contribution in [2.45, 2.75) is 77.0 Å². The fourth-order valence-corrected chi connectivity index (χ4v) is 10.2. The van der Waals surface area contributed by atoms with Gasteiger partial charge in [-0.3, -0.25) is 6.08 Å². The van der Waals surface area contributed by atoms with E-state index in [4.69, 9.17) is 0 Å². The van der Waals surface area contributed by atoms with Crippen molar-refractivity contribution in [1.82, 2.24) is 0 Å². The first-order valence-corrected chi connectivity index (χ1v) is 16.3. The maximum atomic E-state index is 2.99. The van der Waals surface area contributed by atoms with Crippen molar-refractivity contribution in [3.8, 4) is 0 Å². The molecule has 0 radical (unpaired) electrons. The van der Waals surface area contributed by atoms with Crippen LogP contribution in [0.5, 0.6) is 0 Å². The molecule has 4 bridgehead atoms. The Balaban J connectivity index is 0.000000143. The summed E-state index contributed by atoms with van der Waals surface area (Å²) in [6.45, 7) is 0. The summed E-state index contributed by atoms with van der Waals surface area (Å²) in [5, 5.41) is 0. The number of hydrogen-bond acceptors (Lipinski definition) is 0. The van der Waals surface area contributed by atoms with E-state index in [9.17, 15) is 0 Å². The summed E-state index contributed by atoms with van der Waals surface area (Å²) in [7, 11) is 0. The van der Waals surface area contributed by atoms with Gasteiger partial charge in [-0.05, 0) is 36.7 Å². The molecule has 0 nitrogen and oxygen atoms in total. The number of halogens is 2. The summed E-state index contributed by atoms with van der Waals surface area (Å²) in [5.41, 5.74) is 9.71. The first-order valence-electron chi connectivity index (χ1n) is 15.1. The Morgan fingerprint density at radius 2 is 1.64 bits per heavy atom. The van der Waals surface area contributed by atoms with Crippen LogP contribution in [0.2, 0.25) is 0 Å². The molecule has 204 valence electrons. The fraction of sp³-hybridized carbons (Fsp3) is 0.500. The third kappa shape index (κ3) is 5.77. The van der Waals surface area contributed by atoms with E-state index < -0.39 is 0 Å². The summed E-state index contributed by atoms with van der Waals surface area (Å²) >= 11 is 1.76. The van der Waals surface area contributed by atoms with Gasteiger partial charge in [0.15, 0.2) is 0 Å². The van der Waals surface area contributed by atoms with Crippen LogP contribution in [0.15, 0.2) is 71.4 Å². The van der Waals surface area contributed by atoms with Crippen LogP contribution in [-0.2, 0) is 30.7 Å². The Kier molecular flexibility index (Phi) is 9.84. The second kappa shape index (κ2) is 13.0. The summed E-state index contributed by atoms with van der Waals surface area (Å²) in [4.78, 5) is 0. The van der Waals surface area contributed by atoms with Crippen molar-refractivity contribution in [3.63, 3.8) is 0 Å². The molecule has 9 aliphatic carbocycles. The zero-order valence-electron chi connectivity index (χ0n) is 23.0. The van der Waals surface area contributed by atoms with Gasteiger partial charge in [-0.1, -0.05) is 66.0 Å². The SMILES string of the molecule is C1=CC2=C3C(=C4[CH-]CCCC4C2CC1)Cc1ccccc13.[C-]1=CC=CC1.[Cl-].[Cl-].[Zr+2]=[C]1C2CC3CC(C2)CC1C3. The zero-order valence-corrected chi connectivity index (χ0v) is 26.9. The van der Waals surface area contributed by atoms with Crippen LogP contribution in [0, 0.1) is 48.0 Å². The quantitative estimate of drug-likeness (QED) is 0.386. The van der Waals surface area contributed by atoms with E-state index in [1.807, 2.05) is 15.4 Å². The van der Waals surface area contributed by atoms with Gasteiger partial charge in [-0.15, -0.1) is 12.8 Å². The van der Waals surface area contributed by atoms with Gasteiger partial charge in [-0.25, -0.2) is 24.1 Å². The Hall–Kier alpha value is -0.877. The van der Waals surface area contributed by atoms with Gasteiger partial charge in [0.25, 0.3) is 0 Å². The van der Waals surface area contributed by atoms with Crippen LogP contribution in [0.3, 0.4) is 0 Å². The number of rotatable bonds is 0. The first-order chi connectivity index (χ1) is 18.3. The second-order valence-electron chi connectivity index (χ2n) is 12.7. The normalized spacial score (nSPS) is 33.3. The van der Waals surface area contributed by atoms with E-state index in [2.05, 4.69) is 55.0 Å². The minimum absolute atomic E-state index is 0. The molecule has 0 saturated heterocycles. The molecule has 2 unspecified atom stereocenters. The molecule has 0 heterocycles. The molecule has 1 aromatic rings. The molecule has 1 aromatic carbocycles. The van der Waals surface area contributed by atoms with Gasteiger partial charge >= 0.3 is 83.2 Å². The Morgan fingerprint density at radius 1 is 0.872 bits per heavy atom. The summed E-state index contributed by atoms with van der Waals surface area (Å²) in [6.07, 6.45) is 33.2. The molecule has 39 heavy (non-hydrogen) atoms. The first kappa shape index (κ1) is 29.6. The average molecular weight is 635 g/mol. The molecular formula is C36H40Cl2Zr-2. The van der Waals surface area contributed by atoms with E-state index in [1.165, 1.54) is 37.7 Å². The zero-order chi connectivity index (χ0) is 24.8. The van der Waals surface area contributed by atoms with E-state index in [0.717, 1.165) is 48.3 Å². The molecule has 0 aromatic heterocycles. The van der Waals surface area contributed by atoms with Crippen LogP contribution in [0.25, 0.3) is 5.57 Å². The molecule has 0 aliphatic heterocycles.